The van der Waals surface area contributed by atoms with E-state index >= 15 is 0 Å². The fraction of sp³-hybridized carbons (Fsp3) is 0.538. The standard InChI is InChI=1S/C26H31N3O6/c1-13-10-19(35-28-13)27-24(32)14(2)21(31)23-26-8-9-29(12-15-4-5-15)18(25(26,3)33)11-16-6-7-17(30)22(34-23)20(16)26/h6-7,10,15,18,23,30-31,33H,4-5,8-9,11-12H2,1-3H3,(H,27,32)/b21-14-/t18-,23+,25-,26+/m1/s1. The third kappa shape index (κ3) is 3.14. The lowest BCUT2D eigenvalue weighted by molar-refractivity contribution is -0.153. The summed E-state index contributed by atoms with van der Waals surface area (Å²) >= 11 is 0. The topological polar surface area (TPSA) is 128 Å². The second-order valence-corrected chi connectivity index (χ2v) is 10.8. The highest BCUT2D eigenvalue weighted by atomic mass is 16.5. The van der Waals surface area contributed by atoms with Crippen LogP contribution in [0.3, 0.4) is 0 Å². The Morgan fingerprint density at radius 1 is 1.34 bits per heavy atom. The largest absolute Gasteiger partial charge is 0.508 e. The van der Waals surface area contributed by atoms with E-state index in [4.69, 9.17) is 9.26 Å². The number of piperidine rings is 1. The number of likely N-dealkylation sites (tertiary alicyclic amines) is 1. The first-order valence-corrected chi connectivity index (χ1v) is 12.3. The molecule has 2 aliphatic heterocycles. The number of carbonyl (C=O) groups excluding carboxylic acids is 1. The van der Waals surface area contributed by atoms with Gasteiger partial charge in [-0.25, -0.2) is 0 Å². The number of anilines is 1. The van der Waals surface area contributed by atoms with Crippen LogP contribution in [0.2, 0.25) is 0 Å². The Morgan fingerprint density at radius 2 is 2.11 bits per heavy atom. The first kappa shape index (κ1) is 22.4. The van der Waals surface area contributed by atoms with Gasteiger partial charge in [-0.15, -0.1) is 0 Å². The van der Waals surface area contributed by atoms with Crippen LogP contribution in [0.1, 0.15) is 49.9 Å². The zero-order valence-corrected chi connectivity index (χ0v) is 20.2. The van der Waals surface area contributed by atoms with E-state index in [1.807, 2.05) is 13.0 Å². The number of fused-ring (bicyclic) bond motifs is 1. The Morgan fingerprint density at radius 3 is 2.80 bits per heavy atom. The van der Waals surface area contributed by atoms with E-state index in [0.717, 1.165) is 24.2 Å². The lowest BCUT2D eigenvalue weighted by Gasteiger charge is -2.59. The quantitative estimate of drug-likeness (QED) is 0.379. The number of hydrogen-bond acceptors (Lipinski definition) is 8. The monoisotopic (exact) mass is 481 g/mol. The van der Waals surface area contributed by atoms with Crippen molar-refractivity contribution in [3.8, 4) is 11.5 Å². The lowest BCUT2D eigenvalue weighted by Crippen LogP contribution is -2.73. The van der Waals surface area contributed by atoms with Gasteiger partial charge in [0.15, 0.2) is 17.6 Å². The van der Waals surface area contributed by atoms with Crippen LogP contribution in [0.25, 0.3) is 0 Å². The molecule has 1 saturated carbocycles. The van der Waals surface area contributed by atoms with Gasteiger partial charge in [0.2, 0.25) is 5.88 Å². The molecule has 2 aliphatic carbocycles. The molecule has 1 aromatic carbocycles. The number of amides is 1. The molecule has 4 N–H and O–H groups in total. The maximum atomic E-state index is 13.0. The summed E-state index contributed by atoms with van der Waals surface area (Å²) in [5.41, 5.74) is 0.151. The zero-order chi connectivity index (χ0) is 24.7. The number of nitrogens with one attached hydrogen (secondary N) is 1. The number of rotatable bonds is 5. The minimum Gasteiger partial charge on any atom is -0.508 e. The molecule has 2 fully saturated rings. The molecule has 186 valence electrons. The molecule has 2 aromatic rings. The molecule has 3 heterocycles. The van der Waals surface area contributed by atoms with Gasteiger partial charge in [-0.1, -0.05) is 11.2 Å². The van der Waals surface area contributed by atoms with Crippen LogP contribution in [0.15, 0.2) is 34.1 Å². The zero-order valence-electron chi connectivity index (χ0n) is 20.2. The summed E-state index contributed by atoms with van der Waals surface area (Å²) in [6.07, 6.45) is 2.58. The van der Waals surface area contributed by atoms with E-state index in [9.17, 15) is 20.1 Å². The summed E-state index contributed by atoms with van der Waals surface area (Å²) in [5.74, 6) is 0.270. The minimum atomic E-state index is -1.26. The number of aromatic nitrogens is 1. The van der Waals surface area contributed by atoms with Gasteiger partial charge in [0.1, 0.15) is 5.76 Å². The number of aromatic hydroxyl groups is 1. The molecule has 9 heteroatoms. The molecule has 35 heavy (non-hydrogen) atoms. The maximum Gasteiger partial charge on any atom is 0.257 e. The SMILES string of the molecule is C/C(C(=O)Nc1cc(C)no1)=C(/O)[C@@H]1Oc2c(O)ccc3c2[C@@]12CCN(CC1CC1)[C@H](C3)[C@@]2(C)O. The minimum absolute atomic E-state index is 0.0349. The van der Waals surface area contributed by atoms with Crippen LogP contribution in [0.4, 0.5) is 5.88 Å². The number of nitrogens with zero attached hydrogens (tertiary/aromatic N) is 2. The van der Waals surface area contributed by atoms with E-state index < -0.39 is 23.0 Å². The smallest absolute Gasteiger partial charge is 0.257 e. The number of aryl methyl sites for hydroxylation is 1. The van der Waals surface area contributed by atoms with Gasteiger partial charge < -0.3 is 24.6 Å². The second-order valence-electron chi connectivity index (χ2n) is 10.8. The predicted octanol–water partition coefficient (Wildman–Crippen LogP) is 2.95. The number of aliphatic hydroxyl groups is 2. The number of hydrogen-bond donors (Lipinski definition) is 4. The molecule has 2 bridgehead atoms. The van der Waals surface area contributed by atoms with Gasteiger partial charge in [0.25, 0.3) is 5.91 Å². The average molecular weight is 482 g/mol. The van der Waals surface area contributed by atoms with Crippen molar-refractivity contribution in [3.05, 3.63) is 46.4 Å². The Kier molecular flexibility index (Phi) is 4.79. The first-order valence-electron chi connectivity index (χ1n) is 12.3. The molecule has 4 atom stereocenters. The van der Waals surface area contributed by atoms with Crippen molar-refractivity contribution >= 4 is 11.8 Å². The number of carbonyl (C=O) groups is 1. The molecule has 6 rings (SSSR count). The van der Waals surface area contributed by atoms with E-state index in [-0.39, 0.29) is 34.8 Å². The van der Waals surface area contributed by atoms with Crippen LogP contribution in [-0.4, -0.2) is 62.1 Å². The van der Waals surface area contributed by atoms with Crippen molar-refractivity contribution in [3.63, 3.8) is 0 Å². The van der Waals surface area contributed by atoms with E-state index in [1.165, 1.54) is 19.8 Å². The molecule has 1 amide bonds. The van der Waals surface area contributed by atoms with Crippen LogP contribution in [0.5, 0.6) is 11.5 Å². The molecular weight excluding hydrogens is 450 g/mol. The normalized spacial score (nSPS) is 32.0. The third-order valence-corrected chi connectivity index (χ3v) is 8.58. The Labute approximate surface area is 203 Å². The fourth-order valence-corrected chi connectivity index (χ4v) is 6.51. The molecule has 0 radical (unpaired) electrons. The van der Waals surface area contributed by atoms with Gasteiger partial charge in [0, 0.05) is 24.2 Å². The summed E-state index contributed by atoms with van der Waals surface area (Å²) in [6, 6.07) is 4.92. The fourth-order valence-electron chi connectivity index (χ4n) is 6.51. The van der Waals surface area contributed by atoms with Gasteiger partial charge in [-0.3, -0.25) is 15.0 Å². The summed E-state index contributed by atoms with van der Waals surface area (Å²) in [6.45, 7) is 6.75. The summed E-state index contributed by atoms with van der Waals surface area (Å²) in [4.78, 5) is 15.3. The third-order valence-electron chi connectivity index (χ3n) is 8.58. The van der Waals surface area contributed by atoms with E-state index in [2.05, 4.69) is 15.4 Å². The van der Waals surface area contributed by atoms with Crippen LogP contribution >= 0.6 is 0 Å². The number of phenols is 1. The first-order chi connectivity index (χ1) is 16.6. The second kappa shape index (κ2) is 7.48. The molecule has 0 unspecified atom stereocenters. The predicted molar refractivity (Wildman–Crippen MR) is 126 cm³/mol. The highest BCUT2D eigenvalue weighted by molar-refractivity contribution is 6.03. The number of phenolic OH excluding ortho intramolecular Hbond substituents is 1. The van der Waals surface area contributed by atoms with Crippen molar-refractivity contribution < 1.29 is 29.4 Å². The maximum absolute atomic E-state index is 13.0. The van der Waals surface area contributed by atoms with Crippen LogP contribution < -0.4 is 10.1 Å². The Hall–Kier alpha value is -3.04. The Balaban J connectivity index is 1.43. The van der Waals surface area contributed by atoms with E-state index in [0.29, 0.717) is 24.5 Å². The summed E-state index contributed by atoms with van der Waals surface area (Å²) in [7, 11) is 0. The molecule has 9 nitrogen and oxygen atoms in total. The number of ether oxygens (including phenoxy) is 1. The number of aliphatic hydroxyl groups excluding tert-OH is 1. The molecule has 1 saturated heterocycles. The highest BCUT2D eigenvalue weighted by Crippen LogP contribution is 2.63. The van der Waals surface area contributed by atoms with E-state index in [1.54, 1.807) is 19.1 Å². The van der Waals surface area contributed by atoms with Gasteiger partial charge >= 0.3 is 0 Å². The molecule has 1 spiro atoms. The van der Waals surface area contributed by atoms with Gasteiger partial charge in [-0.2, -0.15) is 0 Å². The van der Waals surface area contributed by atoms with Crippen LogP contribution in [-0.2, 0) is 16.6 Å². The highest BCUT2D eigenvalue weighted by Gasteiger charge is 2.69. The van der Waals surface area contributed by atoms with Crippen LogP contribution in [0, 0.1) is 12.8 Å². The molecule has 1 aromatic heterocycles. The van der Waals surface area contributed by atoms with Crippen molar-refractivity contribution in [1.29, 1.82) is 0 Å². The average Bonchev–Trinajstić information content (AvgIpc) is 3.42. The van der Waals surface area contributed by atoms with Gasteiger partial charge in [0.05, 0.1) is 22.3 Å². The Bertz CT molecular complexity index is 1250. The molecule has 4 aliphatic rings. The van der Waals surface area contributed by atoms with Crippen molar-refractivity contribution in [2.45, 2.75) is 69.6 Å². The summed E-state index contributed by atoms with van der Waals surface area (Å²) in [5, 5.41) is 40.7. The lowest BCUT2D eigenvalue weighted by atomic mass is 9.53. The number of benzene rings is 1. The van der Waals surface area contributed by atoms with Crippen molar-refractivity contribution in [1.82, 2.24) is 10.1 Å². The van der Waals surface area contributed by atoms with Crippen molar-refractivity contribution in [2.24, 2.45) is 5.92 Å². The molecular formula is C26H31N3O6. The van der Waals surface area contributed by atoms with Crippen molar-refractivity contribution in [2.75, 3.05) is 18.4 Å². The summed E-state index contributed by atoms with van der Waals surface area (Å²) < 4.78 is 11.3. The van der Waals surface area contributed by atoms with Gasteiger partial charge in [-0.05, 0) is 70.5 Å².